The van der Waals surface area contributed by atoms with E-state index in [2.05, 4.69) is 5.32 Å². The van der Waals surface area contributed by atoms with Crippen molar-refractivity contribution < 1.29 is 4.79 Å². The zero-order valence-corrected chi connectivity index (χ0v) is 7.82. The van der Waals surface area contributed by atoms with E-state index in [9.17, 15) is 4.79 Å². The molecular weight excluding hydrogens is 176 g/mol. The molecule has 3 heteroatoms. The maximum absolute atomic E-state index is 11.4. The van der Waals surface area contributed by atoms with E-state index in [0.29, 0.717) is 5.69 Å². The molecule has 1 aromatic carbocycles. The predicted octanol–water partition coefficient (Wildman–Crippen LogP) is 2.09. The first kappa shape index (κ1) is 10.0. The maximum atomic E-state index is 11.4. The zero-order chi connectivity index (χ0) is 10.4. The Bertz CT molecular complexity index is 387. The second-order valence-electron chi connectivity index (χ2n) is 2.63. The lowest BCUT2D eigenvalue weighted by Gasteiger charge is -2.02. The van der Waals surface area contributed by atoms with Gasteiger partial charge in [0.05, 0.1) is 0 Å². The van der Waals surface area contributed by atoms with Crippen molar-refractivity contribution in [1.82, 2.24) is 0 Å². The molecule has 0 atom stereocenters. The van der Waals surface area contributed by atoms with Crippen LogP contribution >= 0.6 is 0 Å². The van der Waals surface area contributed by atoms with Gasteiger partial charge in [-0.2, -0.15) is 5.26 Å². The number of para-hydroxylation sites is 1. The summed E-state index contributed by atoms with van der Waals surface area (Å²) in [5.41, 5.74) is 0.806. The summed E-state index contributed by atoms with van der Waals surface area (Å²) in [5.74, 6) is -0.374. The summed E-state index contributed by atoms with van der Waals surface area (Å²) in [4.78, 5) is 11.4. The van der Waals surface area contributed by atoms with Gasteiger partial charge in [0.2, 0.25) is 0 Å². The average Bonchev–Trinajstić information content (AvgIpc) is 2.21. The van der Waals surface area contributed by atoms with Crippen molar-refractivity contribution in [3.63, 3.8) is 0 Å². The first-order valence-electron chi connectivity index (χ1n) is 4.20. The van der Waals surface area contributed by atoms with Crippen LogP contribution < -0.4 is 5.32 Å². The molecule has 3 nitrogen and oxygen atoms in total. The van der Waals surface area contributed by atoms with Crippen molar-refractivity contribution in [3.8, 4) is 6.07 Å². The van der Waals surface area contributed by atoms with E-state index in [1.54, 1.807) is 19.1 Å². The van der Waals surface area contributed by atoms with Gasteiger partial charge in [0.1, 0.15) is 11.6 Å². The largest absolute Gasteiger partial charge is 0.321 e. The van der Waals surface area contributed by atoms with E-state index in [-0.39, 0.29) is 11.5 Å². The van der Waals surface area contributed by atoms with Crippen molar-refractivity contribution in [2.45, 2.75) is 6.92 Å². The smallest absolute Gasteiger partial charge is 0.265 e. The van der Waals surface area contributed by atoms with Crippen molar-refractivity contribution in [1.29, 1.82) is 5.26 Å². The van der Waals surface area contributed by atoms with Crippen LogP contribution in [0.4, 0.5) is 5.69 Å². The molecule has 1 rings (SSSR count). The summed E-state index contributed by atoms with van der Waals surface area (Å²) < 4.78 is 0. The van der Waals surface area contributed by atoms with Gasteiger partial charge in [0.15, 0.2) is 0 Å². The Hall–Kier alpha value is -2.08. The highest BCUT2D eigenvalue weighted by Crippen LogP contribution is 2.06. The van der Waals surface area contributed by atoms with Gasteiger partial charge >= 0.3 is 0 Å². The molecule has 0 radical (unpaired) electrons. The molecular formula is C11H10N2O. The number of amides is 1. The highest BCUT2D eigenvalue weighted by molar-refractivity contribution is 6.06. The molecule has 0 aromatic heterocycles. The van der Waals surface area contributed by atoms with Gasteiger partial charge in [-0.1, -0.05) is 24.3 Å². The number of allylic oxidation sites excluding steroid dienone is 1. The first-order valence-corrected chi connectivity index (χ1v) is 4.20. The third-order valence-corrected chi connectivity index (χ3v) is 1.69. The third kappa shape index (κ3) is 2.46. The minimum absolute atomic E-state index is 0.119. The number of anilines is 1. The number of rotatable bonds is 2. The molecule has 0 aliphatic carbocycles. The molecule has 1 N–H and O–H groups in total. The van der Waals surface area contributed by atoms with Crippen molar-refractivity contribution in [2.75, 3.05) is 5.32 Å². The minimum atomic E-state index is -0.374. The topological polar surface area (TPSA) is 52.9 Å². The van der Waals surface area contributed by atoms with E-state index >= 15 is 0 Å². The number of hydrogen-bond acceptors (Lipinski definition) is 2. The number of carbonyl (C=O) groups excluding carboxylic acids is 1. The number of carbonyl (C=O) groups is 1. The Morgan fingerprint density at radius 2 is 2.07 bits per heavy atom. The van der Waals surface area contributed by atoms with E-state index in [1.165, 1.54) is 6.08 Å². The van der Waals surface area contributed by atoms with E-state index in [4.69, 9.17) is 5.26 Å². The Balaban J connectivity index is 2.73. The molecule has 0 fully saturated rings. The van der Waals surface area contributed by atoms with Gasteiger partial charge in [-0.05, 0) is 19.1 Å². The monoisotopic (exact) mass is 186 g/mol. The van der Waals surface area contributed by atoms with Crippen LogP contribution in [0.5, 0.6) is 0 Å². The molecule has 0 bridgehead atoms. The summed E-state index contributed by atoms with van der Waals surface area (Å²) in [6.07, 6.45) is 1.48. The summed E-state index contributed by atoms with van der Waals surface area (Å²) in [6, 6.07) is 10.8. The zero-order valence-electron chi connectivity index (χ0n) is 7.82. The maximum Gasteiger partial charge on any atom is 0.265 e. The molecule has 0 saturated heterocycles. The molecule has 0 aliphatic rings. The molecule has 0 heterocycles. The Labute approximate surface area is 82.7 Å². The van der Waals surface area contributed by atoms with Crippen LogP contribution in [-0.4, -0.2) is 5.91 Å². The summed E-state index contributed by atoms with van der Waals surface area (Å²) in [6.45, 7) is 1.66. The van der Waals surface area contributed by atoms with Crippen LogP contribution in [0.2, 0.25) is 0 Å². The average molecular weight is 186 g/mol. The fourth-order valence-electron chi connectivity index (χ4n) is 0.966. The highest BCUT2D eigenvalue weighted by atomic mass is 16.1. The molecule has 1 amide bonds. The number of hydrogen-bond donors (Lipinski definition) is 1. The van der Waals surface area contributed by atoms with Gasteiger partial charge in [0, 0.05) is 5.69 Å². The number of nitrogens with zero attached hydrogens (tertiary/aromatic N) is 1. The number of benzene rings is 1. The van der Waals surface area contributed by atoms with Crippen LogP contribution in [0.3, 0.4) is 0 Å². The Kier molecular flexibility index (Phi) is 3.45. The highest BCUT2D eigenvalue weighted by Gasteiger charge is 2.06. The van der Waals surface area contributed by atoms with E-state index in [1.807, 2.05) is 24.3 Å². The molecule has 0 saturated carbocycles. The quantitative estimate of drug-likeness (QED) is 0.568. The molecule has 1 aromatic rings. The minimum Gasteiger partial charge on any atom is -0.321 e. The normalized spacial score (nSPS) is 10.4. The summed E-state index contributed by atoms with van der Waals surface area (Å²) in [5, 5.41) is 11.2. The summed E-state index contributed by atoms with van der Waals surface area (Å²) in [7, 11) is 0. The van der Waals surface area contributed by atoms with Crippen molar-refractivity contribution in [2.24, 2.45) is 0 Å². The van der Waals surface area contributed by atoms with Gasteiger partial charge in [-0.25, -0.2) is 0 Å². The van der Waals surface area contributed by atoms with Crippen LogP contribution in [0.1, 0.15) is 6.92 Å². The van der Waals surface area contributed by atoms with Gasteiger partial charge in [-0.15, -0.1) is 0 Å². The fraction of sp³-hybridized carbons (Fsp3) is 0.0909. The molecule has 0 spiro atoms. The van der Waals surface area contributed by atoms with Gasteiger partial charge < -0.3 is 5.32 Å². The second kappa shape index (κ2) is 4.83. The van der Waals surface area contributed by atoms with Crippen LogP contribution in [0, 0.1) is 11.3 Å². The lowest BCUT2D eigenvalue weighted by atomic mass is 10.2. The van der Waals surface area contributed by atoms with Crippen molar-refractivity contribution >= 4 is 11.6 Å². The van der Waals surface area contributed by atoms with Crippen molar-refractivity contribution in [3.05, 3.63) is 42.0 Å². The number of nitrogens with one attached hydrogen (secondary N) is 1. The summed E-state index contributed by atoms with van der Waals surface area (Å²) >= 11 is 0. The molecule has 0 aliphatic heterocycles. The molecule has 70 valence electrons. The Morgan fingerprint density at radius 3 is 2.57 bits per heavy atom. The predicted molar refractivity (Wildman–Crippen MR) is 54.4 cm³/mol. The number of nitriles is 1. The Morgan fingerprint density at radius 1 is 1.43 bits per heavy atom. The van der Waals surface area contributed by atoms with E-state index in [0.717, 1.165) is 0 Å². The van der Waals surface area contributed by atoms with E-state index < -0.39 is 0 Å². The lowest BCUT2D eigenvalue weighted by molar-refractivity contribution is -0.112. The SMILES string of the molecule is C/C=C(\C#N)C(=O)Nc1ccccc1. The van der Waals surface area contributed by atoms with Crippen LogP contribution in [-0.2, 0) is 4.79 Å². The lowest BCUT2D eigenvalue weighted by Crippen LogP contribution is -2.13. The molecule has 0 unspecified atom stereocenters. The first-order chi connectivity index (χ1) is 6.77. The standard InChI is InChI=1S/C11H10N2O/c1-2-9(8-12)11(14)13-10-6-4-3-5-7-10/h2-7H,1H3,(H,13,14)/b9-2+. The molecule has 14 heavy (non-hydrogen) atoms. The van der Waals surface area contributed by atoms with Crippen LogP contribution in [0.25, 0.3) is 0 Å². The van der Waals surface area contributed by atoms with Gasteiger partial charge in [0.25, 0.3) is 5.91 Å². The fourth-order valence-corrected chi connectivity index (χ4v) is 0.966. The van der Waals surface area contributed by atoms with Crippen LogP contribution in [0.15, 0.2) is 42.0 Å². The third-order valence-electron chi connectivity index (χ3n) is 1.69. The van der Waals surface area contributed by atoms with Gasteiger partial charge in [-0.3, -0.25) is 4.79 Å². The second-order valence-corrected chi connectivity index (χ2v) is 2.63.